The fourth-order valence-corrected chi connectivity index (χ4v) is 1.89. The Morgan fingerprint density at radius 2 is 1.90 bits per heavy atom. The van der Waals surface area contributed by atoms with Gasteiger partial charge in [0.2, 0.25) is 11.9 Å². The quantitative estimate of drug-likeness (QED) is 0.543. The topological polar surface area (TPSA) is 107 Å². The van der Waals surface area contributed by atoms with Gasteiger partial charge in [0, 0.05) is 17.1 Å². The van der Waals surface area contributed by atoms with Crippen LogP contribution < -0.4 is 26.1 Å². The van der Waals surface area contributed by atoms with Gasteiger partial charge in [-0.1, -0.05) is 17.7 Å². The molecule has 1 heterocycles. The van der Waals surface area contributed by atoms with E-state index in [-0.39, 0.29) is 12.0 Å². The molecule has 0 amide bonds. The highest BCUT2D eigenvalue weighted by molar-refractivity contribution is 6.31. The molecule has 0 saturated heterocycles. The van der Waals surface area contributed by atoms with Crippen molar-refractivity contribution in [1.82, 2.24) is 15.0 Å². The van der Waals surface area contributed by atoms with Crippen molar-refractivity contribution in [2.45, 2.75) is 6.54 Å². The number of rotatable bonds is 6. The Bertz CT molecular complexity index is 602. The van der Waals surface area contributed by atoms with Crippen LogP contribution >= 0.6 is 11.6 Å². The van der Waals surface area contributed by atoms with E-state index in [2.05, 4.69) is 25.7 Å². The first-order valence-electron chi connectivity index (χ1n) is 6.00. The number of halogens is 1. The molecular formula is C12H15ClN6O2. The maximum absolute atomic E-state index is 6.16. The summed E-state index contributed by atoms with van der Waals surface area (Å²) in [5, 5.41) is 3.61. The predicted molar refractivity (Wildman–Crippen MR) is 79.5 cm³/mol. The number of hydrazine groups is 1. The number of benzene rings is 1. The van der Waals surface area contributed by atoms with Gasteiger partial charge in [-0.15, -0.1) is 0 Å². The summed E-state index contributed by atoms with van der Waals surface area (Å²) in [4.78, 5) is 12.0. The summed E-state index contributed by atoms with van der Waals surface area (Å²) in [5.74, 6) is 6.46. The lowest BCUT2D eigenvalue weighted by Gasteiger charge is -2.12. The maximum atomic E-state index is 6.16. The summed E-state index contributed by atoms with van der Waals surface area (Å²) in [7, 11) is 3.04. The highest BCUT2D eigenvalue weighted by atomic mass is 35.5. The average molecular weight is 311 g/mol. The van der Waals surface area contributed by atoms with E-state index in [1.807, 2.05) is 12.1 Å². The number of hydrogen-bond donors (Lipinski definition) is 3. The Morgan fingerprint density at radius 3 is 2.57 bits per heavy atom. The molecule has 9 heteroatoms. The second-order valence-corrected chi connectivity index (χ2v) is 4.30. The van der Waals surface area contributed by atoms with Gasteiger partial charge in [-0.3, -0.25) is 5.43 Å². The molecule has 0 aliphatic carbocycles. The third kappa shape index (κ3) is 3.61. The molecular weight excluding hydrogens is 296 g/mol. The van der Waals surface area contributed by atoms with Gasteiger partial charge in [-0.2, -0.15) is 15.0 Å². The van der Waals surface area contributed by atoms with Crippen LogP contribution in [-0.2, 0) is 6.54 Å². The molecule has 2 aromatic rings. The molecule has 4 N–H and O–H groups in total. The minimum Gasteiger partial charge on any atom is -0.496 e. The van der Waals surface area contributed by atoms with Crippen molar-refractivity contribution in [3.63, 3.8) is 0 Å². The Morgan fingerprint density at radius 1 is 1.14 bits per heavy atom. The largest absolute Gasteiger partial charge is 0.496 e. The molecule has 21 heavy (non-hydrogen) atoms. The van der Waals surface area contributed by atoms with Crippen LogP contribution in [0.4, 0.5) is 11.9 Å². The molecule has 0 unspecified atom stereocenters. The summed E-state index contributed by atoms with van der Waals surface area (Å²) in [5.41, 5.74) is 3.14. The number of anilines is 2. The van der Waals surface area contributed by atoms with Crippen molar-refractivity contribution >= 4 is 23.5 Å². The zero-order valence-corrected chi connectivity index (χ0v) is 12.3. The van der Waals surface area contributed by atoms with Crippen LogP contribution in [0.1, 0.15) is 5.56 Å². The number of nitrogen functional groups attached to an aromatic ring is 1. The van der Waals surface area contributed by atoms with Gasteiger partial charge in [0.15, 0.2) is 0 Å². The van der Waals surface area contributed by atoms with E-state index >= 15 is 0 Å². The van der Waals surface area contributed by atoms with Gasteiger partial charge in [0.1, 0.15) is 5.75 Å². The third-order valence-corrected chi connectivity index (χ3v) is 3.00. The molecule has 0 fully saturated rings. The molecule has 0 radical (unpaired) electrons. The third-order valence-electron chi connectivity index (χ3n) is 2.65. The Hall–Kier alpha value is -2.32. The van der Waals surface area contributed by atoms with Gasteiger partial charge in [0.05, 0.1) is 14.2 Å². The van der Waals surface area contributed by atoms with Crippen molar-refractivity contribution in [2.75, 3.05) is 25.0 Å². The van der Waals surface area contributed by atoms with Crippen molar-refractivity contribution in [3.8, 4) is 11.8 Å². The lowest BCUT2D eigenvalue weighted by molar-refractivity contribution is 0.379. The summed E-state index contributed by atoms with van der Waals surface area (Å²) >= 11 is 6.16. The number of nitrogens with zero attached hydrogens (tertiary/aromatic N) is 3. The summed E-state index contributed by atoms with van der Waals surface area (Å²) < 4.78 is 10.2. The van der Waals surface area contributed by atoms with E-state index in [1.54, 1.807) is 13.2 Å². The zero-order valence-electron chi connectivity index (χ0n) is 11.6. The molecule has 0 spiro atoms. The van der Waals surface area contributed by atoms with Crippen LogP contribution in [0.15, 0.2) is 18.2 Å². The number of hydrogen-bond acceptors (Lipinski definition) is 8. The van der Waals surface area contributed by atoms with Crippen LogP contribution in [0, 0.1) is 0 Å². The van der Waals surface area contributed by atoms with Gasteiger partial charge < -0.3 is 14.8 Å². The number of nitrogens with one attached hydrogen (secondary N) is 2. The number of nitrogens with two attached hydrogens (primary N) is 1. The van der Waals surface area contributed by atoms with Crippen LogP contribution in [0.5, 0.6) is 11.8 Å². The molecule has 1 aromatic heterocycles. The second kappa shape index (κ2) is 6.91. The zero-order chi connectivity index (χ0) is 15.2. The first-order valence-corrected chi connectivity index (χ1v) is 6.37. The molecule has 0 aliphatic heterocycles. The summed E-state index contributed by atoms with van der Waals surface area (Å²) in [6, 6.07) is 5.56. The lowest BCUT2D eigenvalue weighted by atomic mass is 10.2. The van der Waals surface area contributed by atoms with E-state index in [0.29, 0.717) is 23.3 Å². The number of ether oxygens (including phenoxy) is 2. The number of methoxy groups -OCH3 is 2. The Kier molecular flexibility index (Phi) is 4.96. The van der Waals surface area contributed by atoms with Crippen LogP contribution in [0.3, 0.4) is 0 Å². The molecule has 0 aliphatic rings. The van der Waals surface area contributed by atoms with E-state index in [0.717, 1.165) is 5.56 Å². The normalized spacial score (nSPS) is 10.1. The van der Waals surface area contributed by atoms with Crippen molar-refractivity contribution in [2.24, 2.45) is 5.84 Å². The fraction of sp³-hybridized carbons (Fsp3) is 0.250. The summed E-state index contributed by atoms with van der Waals surface area (Å²) in [6.45, 7) is 0.375. The maximum Gasteiger partial charge on any atom is 0.322 e. The van der Waals surface area contributed by atoms with Crippen molar-refractivity contribution in [3.05, 3.63) is 28.8 Å². The van der Waals surface area contributed by atoms with Crippen LogP contribution in [0.2, 0.25) is 5.02 Å². The minimum atomic E-state index is 0.145. The van der Waals surface area contributed by atoms with Crippen molar-refractivity contribution < 1.29 is 9.47 Å². The first kappa shape index (κ1) is 15.1. The van der Waals surface area contributed by atoms with Gasteiger partial charge >= 0.3 is 6.01 Å². The molecule has 0 bridgehead atoms. The van der Waals surface area contributed by atoms with E-state index < -0.39 is 0 Å². The molecule has 1 aromatic carbocycles. The van der Waals surface area contributed by atoms with Gasteiger partial charge in [-0.05, 0) is 12.1 Å². The highest BCUT2D eigenvalue weighted by Gasteiger charge is 2.10. The minimum absolute atomic E-state index is 0.145. The van der Waals surface area contributed by atoms with E-state index in [1.165, 1.54) is 7.11 Å². The lowest BCUT2D eigenvalue weighted by Crippen LogP contribution is -2.14. The molecule has 112 valence electrons. The monoisotopic (exact) mass is 310 g/mol. The molecule has 8 nitrogen and oxygen atoms in total. The average Bonchev–Trinajstić information content (AvgIpc) is 2.52. The number of aromatic nitrogens is 3. The standard InChI is InChI=1S/C12H15ClN6O2/c1-20-9-5-3-4-8(13)7(9)6-15-10-16-11(19-14)18-12(17-10)21-2/h3-5H,6,14H2,1-2H3,(H2,15,16,17,18,19). The van der Waals surface area contributed by atoms with Crippen LogP contribution in [0.25, 0.3) is 0 Å². The van der Waals surface area contributed by atoms with Gasteiger partial charge in [0.25, 0.3) is 0 Å². The van der Waals surface area contributed by atoms with E-state index in [4.69, 9.17) is 26.9 Å². The predicted octanol–water partition coefficient (Wildman–Crippen LogP) is 1.44. The Labute approximate surface area is 126 Å². The second-order valence-electron chi connectivity index (χ2n) is 3.89. The molecule has 0 atom stereocenters. The van der Waals surface area contributed by atoms with Crippen molar-refractivity contribution in [1.29, 1.82) is 0 Å². The SMILES string of the molecule is COc1nc(NN)nc(NCc2c(Cl)cccc2OC)n1. The molecule has 2 rings (SSSR count). The smallest absolute Gasteiger partial charge is 0.322 e. The highest BCUT2D eigenvalue weighted by Crippen LogP contribution is 2.26. The Balaban J connectivity index is 2.20. The molecule has 0 saturated carbocycles. The van der Waals surface area contributed by atoms with E-state index in [9.17, 15) is 0 Å². The first-order chi connectivity index (χ1) is 10.2. The van der Waals surface area contributed by atoms with Gasteiger partial charge in [-0.25, -0.2) is 5.84 Å². The fourth-order valence-electron chi connectivity index (χ4n) is 1.66. The summed E-state index contributed by atoms with van der Waals surface area (Å²) in [6.07, 6.45) is 0. The van der Waals surface area contributed by atoms with Crippen LogP contribution in [-0.4, -0.2) is 29.2 Å².